The molecule has 3 atom stereocenters. The molecular formula is C23H44NO3+. The van der Waals surface area contributed by atoms with Gasteiger partial charge < -0.3 is 14.0 Å². The van der Waals surface area contributed by atoms with Gasteiger partial charge in [0.2, 0.25) is 0 Å². The van der Waals surface area contributed by atoms with Crippen molar-refractivity contribution in [1.82, 2.24) is 0 Å². The molecule has 2 aliphatic carbocycles. The van der Waals surface area contributed by atoms with Gasteiger partial charge in [-0.15, -0.1) is 0 Å². The van der Waals surface area contributed by atoms with Crippen LogP contribution in [0.2, 0.25) is 0 Å². The Morgan fingerprint density at radius 1 is 1.07 bits per heavy atom. The number of carbonyl (C=O) groups is 1. The number of ether oxygens (including phenoxy) is 2. The summed E-state index contributed by atoms with van der Waals surface area (Å²) in [6, 6.07) is 0. The number of hydrogen-bond acceptors (Lipinski definition) is 3. The number of fused-ring (bicyclic) bond motifs is 2. The summed E-state index contributed by atoms with van der Waals surface area (Å²) < 4.78 is 12.4. The van der Waals surface area contributed by atoms with Gasteiger partial charge in [-0.3, -0.25) is 0 Å². The lowest BCUT2D eigenvalue weighted by atomic mass is 9.70. The van der Waals surface area contributed by atoms with E-state index in [1.165, 1.54) is 38.5 Å². The van der Waals surface area contributed by atoms with Crippen LogP contribution < -0.4 is 0 Å². The van der Waals surface area contributed by atoms with Gasteiger partial charge in [-0.25, -0.2) is 4.79 Å². The minimum Gasteiger partial charge on any atom is -0.462 e. The van der Waals surface area contributed by atoms with Crippen molar-refractivity contribution in [3.8, 4) is 0 Å². The maximum atomic E-state index is 12.1. The number of carbonyl (C=O) groups excluding carboxylic acids is 1. The number of unbranched alkanes of at least 4 members (excludes halogenated alkanes) is 4. The highest BCUT2D eigenvalue weighted by Gasteiger charge is 2.61. The number of hydrogen-bond donors (Lipinski definition) is 0. The molecule has 0 amide bonds. The smallest absolute Gasteiger partial charge is 0.361 e. The molecule has 158 valence electrons. The zero-order valence-electron chi connectivity index (χ0n) is 18.8. The van der Waals surface area contributed by atoms with Crippen LogP contribution in [-0.2, 0) is 14.3 Å². The predicted molar refractivity (Wildman–Crippen MR) is 111 cm³/mol. The quantitative estimate of drug-likeness (QED) is 0.276. The fraction of sp³-hybridized carbons (Fsp3) is 0.957. The summed E-state index contributed by atoms with van der Waals surface area (Å²) in [6.07, 6.45) is 10.1. The molecule has 2 aliphatic rings. The lowest BCUT2D eigenvalue weighted by Crippen LogP contribution is -2.47. The topological polar surface area (TPSA) is 35.5 Å². The van der Waals surface area contributed by atoms with Crippen LogP contribution in [0.3, 0.4) is 0 Å². The first kappa shape index (κ1) is 22.7. The molecule has 0 spiro atoms. The van der Waals surface area contributed by atoms with E-state index < -0.39 is 0 Å². The van der Waals surface area contributed by atoms with Gasteiger partial charge in [-0.2, -0.15) is 0 Å². The Bertz CT molecular complexity index is 488. The zero-order valence-corrected chi connectivity index (χ0v) is 18.8. The van der Waals surface area contributed by atoms with Crippen LogP contribution in [0, 0.1) is 16.7 Å². The second-order valence-electron chi connectivity index (χ2n) is 10.4. The Morgan fingerprint density at radius 3 is 2.37 bits per heavy atom. The number of nitrogens with zero attached hydrogens (tertiary/aromatic N) is 1. The van der Waals surface area contributed by atoms with E-state index in [1.54, 1.807) is 0 Å². The second-order valence-corrected chi connectivity index (χ2v) is 10.4. The Morgan fingerprint density at radius 2 is 1.78 bits per heavy atom. The van der Waals surface area contributed by atoms with Crippen molar-refractivity contribution in [1.29, 1.82) is 0 Å². The van der Waals surface area contributed by atoms with E-state index in [9.17, 15) is 4.79 Å². The Hall–Kier alpha value is -0.610. The molecule has 2 rings (SSSR count). The predicted octanol–water partition coefficient (Wildman–Crippen LogP) is 4.81. The van der Waals surface area contributed by atoms with Gasteiger partial charge >= 0.3 is 5.97 Å². The molecule has 2 saturated carbocycles. The molecular weight excluding hydrogens is 338 g/mol. The summed E-state index contributed by atoms with van der Waals surface area (Å²) in [5.74, 6) is 0.728. The second kappa shape index (κ2) is 9.26. The molecule has 27 heavy (non-hydrogen) atoms. The van der Waals surface area contributed by atoms with Crippen LogP contribution in [0.5, 0.6) is 0 Å². The van der Waals surface area contributed by atoms with Crippen LogP contribution in [0.25, 0.3) is 0 Å². The fourth-order valence-electron chi connectivity index (χ4n) is 5.19. The summed E-state index contributed by atoms with van der Waals surface area (Å²) >= 11 is 0. The van der Waals surface area contributed by atoms with Gasteiger partial charge in [0.25, 0.3) is 0 Å². The van der Waals surface area contributed by atoms with Crippen molar-refractivity contribution in [3.63, 3.8) is 0 Å². The largest absolute Gasteiger partial charge is 0.462 e. The van der Waals surface area contributed by atoms with Crippen LogP contribution in [0.15, 0.2) is 0 Å². The maximum absolute atomic E-state index is 12.1. The van der Waals surface area contributed by atoms with E-state index in [2.05, 4.69) is 41.8 Å². The van der Waals surface area contributed by atoms with Crippen LogP contribution in [0.1, 0.15) is 79.1 Å². The average Bonchev–Trinajstić information content (AvgIpc) is 2.91. The van der Waals surface area contributed by atoms with Crippen molar-refractivity contribution in [2.75, 3.05) is 40.4 Å². The third-order valence-electron chi connectivity index (χ3n) is 7.80. The Labute approximate surface area is 167 Å². The van der Waals surface area contributed by atoms with E-state index in [4.69, 9.17) is 9.47 Å². The summed E-state index contributed by atoms with van der Waals surface area (Å²) in [4.78, 5) is 12.1. The molecule has 0 aromatic carbocycles. The molecule has 2 bridgehead atoms. The van der Waals surface area contributed by atoms with Crippen molar-refractivity contribution in [3.05, 3.63) is 0 Å². The average molecular weight is 383 g/mol. The molecule has 4 nitrogen and oxygen atoms in total. The third-order valence-corrected chi connectivity index (χ3v) is 7.80. The summed E-state index contributed by atoms with van der Waals surface area (Å²) in [6.45, 7) is 12.0. The van der Waals surface area contributed by atoms with E-state index in [0.717, 1.165) is 31.9 Å². The van der Waals surface area contributed by atoms with E-state index in [0.29, 0.717) is 34.6 Å². The molecule has 0 aliphatic heterocycles. The van der Waals surface area contributed by atoms with E-state index >= 15 is 0 Å². The van der Waals surface area contributed by atoms with Gasteiger partial charge in [-0.1, -0.05) is 53.4 Å². The van der Waals surface area contributed by atoms with Gasteiger partial charge in [-0.05, 0) is 42.4 Å². The van der Waals surface area contributed by atoms with Gasteiger partial charge in [0.05, 0.1) is 33.4 Å². The number of esters is 1. The SMILES string of the molecule is CCCCCCCOC(=O)C[N+](C)(C)CCO[C@@H]1C[C@H]2CC[C@@]1(C)C2(C)C. The molecule has 0 heterocycles. The third kappa shape index (κ3) is 5.47. The normalized spacial score (nSPS) is 29.3. The summed E-state index contributed by atoms with van der Waals surface area (Å²) in [7, 11) is 4.19. The van der Waals surface area contributed by atoms with Crippen LogP contribution in [0.4, 0.5) is 0 Å². The van der Waals surface area contributed by atoms with Crippen LogP contribution >= 0.6 is 0 Å². The first-order valence-corrected chi connectivity index (χ1v) is 11.2. The van der Waals surface area contributed by atoms with E-state index in [-0.39, 0.29) is 5.97 Å². The molecule has 0 N–H and O–H groups in total. The Balaban J connectivity index is 1.64. The summed E-state index contributed by atoms with van der Waals surface area (Å²) in [5.41, 5.74) is 0.703. The molecule has 0 unspecified atom stereocenters. The molecule has 0 saturated heterocycles. The highest BCUT2D eigenvalue weighted by atomic mass is 16.5. The number of likely N-dealkylation sites (N-methyl/N-ethyl adjacent to an activating group) is 1. The maximum Gasteiger partial charge on any atom is 0.361 e. The Kier molecular flexibility index (Phi) is 7.78. The lowest BCUT2D eigenvalue weighted by Gasteiger charge is -2.39. The minimum atomic E-state index is -0.0801. The first-order valence-electron chi connectivity index (χ1n) is 11.2. The number of quaternary nitrogens is 1. The zero-order chi connectivity index (χ0) is 20.1. The number of rotatable bonds is 12. The first-order chi connectivity index (χ1) is 12.6. The van der Waals surface area contributed by atoms with Gasteiger partial charge in [0, 0.05) is 0 Å². The minimum absolute atomic E-state index is 0.0801. The molecule has 4 heteroatoms. The van der Waals surface area contributed by atoms with Crippen molar-refractivity contribution >= 4 is 5.97 Å². The molecule has 0 aromatic rings. The molecule has 2 fully saturated rings. The van der Waals surface area contributed by atoms with Crippen molar-refractivity contribution in [2.45, 2.75) is 85.2 Å². The standard InChI is InChI=1S/C23H44NO3/c1-7-8-9-10-11-15-27-21(25)18-24(5,6)14-16-26-20-17-19-12-13-23(20,4)22(19,2)3/h19-20H,7-18H2,1-6H3/q+1/t19-,20-,23-/m1/s1. The summed E-state index contributed by atoms with van der Waals surface area (Å²) in [5, 5.41) is 0. The van der Waals surface area contributed by atoms with Crippen molar-refractivity contribution < 1.29 is 18.8 Å². The highest BCUT2D eigenvalue weighted by molar-refractivity contribution is 5.70. The highest BCUT2D eigenvalue weighted by Crippen LogP contribution is 2.66. The van der Waals surface area contributed by atoms with Gasteiger partial charge in [0.15, 0.2) is 6.54 Å². The lowest BCUT2D eigenvalue weighted by molar-refractivity contribution is -0.883. The van der Waals surface area contributed by atoms with Crippen LogP contribution in [-0.4, -0.2) is 57.0 Å². The molecule has 0 radical (unpaired) electrons. The monoisotopic (exact) mass is 382 g/mol. The van der Waals surface area contributed by atoms with Gasteiger partial charge in [0.1, 0.15) is 6.54 Å². The molecule has 0 aromatic heterocycles. The van der Waals surface area contributed by atoms with Crippen molar-refractivity contribution in [2.24, 2.45) is 16.7 Å². The fourth-order valence-corrected chi connectivity index (χ4v) is 5.19. The van der Waals surface area contributed by atoms with E-state index in [1.807, 2.05) is 0 Å².